The number of aromatic nitrogens is 2. The van der Waals surface area contributed by atoms with Crippen LogP contribution in [0.4, 0.5) is 0 Å². The third kappa shape index (κ3) is 2.10. The predicted molar refractivity (Wildman–Crippen MR) is 61.6 cm³/mol. The van der Waals surface area contributed by atoms with E-state index in [9.17, 15) is 19.8 Å². The molecular weight excluding hydrogens is 264 g/mol. The van der Waals surface area contributed by atoms with Gasteiger partial charge in [0.1, 0.15) is 18.3 Å². The Morgan fingerprint density at radius 2 is 2.06 bits per heavy atom. The molecule has 100 valence electrons. The van der Waals surface area contributed by atoms with Crippen molar-refractivity contribution in [1.82, 2.24) is 9.55 Å². The van der Waals surface area contributed by atoms with E-state index >= 15 is 0 Å². The molecule has 4 N–H and O–H groups in total. The second kappa shape index (κ2) is 4.86. The molecule has 0 aromatic carbocycles. The summed E-state index contributed by atoms with van der Waals surface area (Å²) in [5, 5.41) is 28.3. The van der Waals surface area contributed by atoms with Crippen molar-refractivity contribution >= 4 is 12.6 Å². The molecule has 18 heavy (non-hydrogen) atoms. The molecule has 0 aliphatic carbocycles. The summed E-state index contributed by atoms with van der Waals surface area (Å²) in [4.78, 5) is 24.6. The van der Waals surface area contributed by atoms with E-state index in [2.05, 4.69) is 12.6 Å². The number of hydrogen-bond donors (Lipinski definition) is 5. The molecule has 1 aliphatic rings. The molecule has 8 nitrogen and oxygen atoms in total. The van der Waals surface area contributed by atoms with Gasteiger partial charge in [0.15, 0.2) is 6.23 Å². The lowest BCUT2D eigenvalue weighted by atomic mass is 10.1. The first-order chi connectivity index (χ1) is 8.45. The first-order valence-electron chi connectivity index (χ1n) is 5.13. The number of nitrogens with one attached hydrogen (secondary N) is 1. The predicted octanol–water partition coefficient (Wildman–Crippen LogP) is -2.56. The molecule has 0 bridgehead atoms. The van der Waals surface area contributed by atoms with Gasteiger partial charge < -0.3 is 20.1 Å². The van der Waals surface area contributed by atoms with Crippen LogP contribution in [0.15, 0.2) is 20.7 Å². The van der Waals surface area contributed by atoms with Crippen LogP contribution in [0, 0.1) is 0 Å². The van der Waals surface area contributed by atoms with Crippen LogP contribution in [0.25, 0.3) is 0 Å². The van der Waals surface area contributed by atoms with Gasteiger partial charge in [0, 0.05) is 6.07 Å². The van der Waals surface area contributed by atoms with Crippen LogP contribution in [-0.4, -0.2) is 49.8 Å². The molecule has 0 amide bonds. The van der Waals surface area contributed by atoms with Crippen LogP contribution in [0.2, 0.25) is 0 Å². The summed E-state index contributed by atoms with van der Waals surface area (Å²) in [5.41, 5.74) is -1.45. The summed E-state index contributed by atoms with van der Waals surface area (Å²) in [6.07, 6.45) is -4.95. The van der Waals surface area contributed by atoms with Crippen molar-refractivity contribution in [3.8, 4) is 0 Å². The monoisotopic (exact) mass is 276 g/mol. The van der Waals surface area contributed by atoms with E-state index in [0.717, 1.165) is 10.6 Å². The van der Waals surface area contributed by atoms with Crippen molar-refractivity contribution in [3.63, 3.8) is 0 Å². The third-order valence-corrected chi connectivity index (χ3v) is 3.07. The Morgan fingerprint density at radius 3 is 2.56 bits per heavy atom. The van der Waals surface area contributed by atoms with Gasteiger partial charge in [-0.05, 0) is 0 Å². The normalized spacial score (nSPS) is 31.8. The fourth-order valence-electron chi connectivity index (χ4n) is 1.83. The van der Waals surface area contributed by atoms with Crippen molar-refractivity contribution < 1.29 is 20.1 Å². The van der Waals surface area contributed by atoms with Crippen LogP contribution in [0.1, 0.15) is 6.23 Å². The maximum absolute atomic E-state index is 11.6. The van der Waals surface area contributed by atoms with Gasteiger partial charge in [-0.15, -0.1) is 12.6 Å². The molecule has 2 unspecified atom stereocenters. The van der Waals surface area contributed by atoms with Crippen LogP contribution in [0.3, 0.4) is 0 Å². The fraction of sp³-hybridized carbons (Fsp3) is 0.556. The van der Waals surface area contributed by atoms with E-state index in [1.807, 2.05) is 4.98 Å². The van der Waals surface area contributed by atoms with E-state index in [1.165, 1.54) is 0 Å². The Labute approximate surface area is 106 Å². The minimum Gasteiger partial charge on any atom is -0.394 e. The number of thiol groups is 1. The van der Waals surface area contributed by atoms with Gasteiger partial charge in [-0.25, -0.2) is 4.79 Å². The number of aliphatic hydroxyl groups is 3. The van der Waals surface area contributed by atoms with Gasteiger partial charge in [-0.1, -0.05) is 0 Å². The van der Waals surface area contributed by atoms with E-state index in [0.29, 0.717) is 0 Å². The Kier molecular flexibility index (Phi) is 3.59. The zero-order valence-electron chi connectivity index (χ0n) is 9.05. The number of nitrogens with zero attached hydrogens (tertiary/aromatic N) is 1. The van der Waals surface area contributed by atoms with Gasteiger partial charge in [0.25, 0.3) is 5.56 Å². The minimum absolute atomic E-state index is 0.0152. The van der Waals surface area contributed by atoms with Crippen LogP contribution in [-0.2, 0) is 4.74 Å². The van der Waals surface area contributed by atoms with Crippen LogP contribution in [0.5, 0.6) is 0 Å². The number of ether oxygens (including phenoxy) is 1. The Morgan fingerprint density at radius 1 is 1.39 bits per heavy atom. The fourth-order valence-corrected chi connectivity index (χ4v) is 2.15. The highest BCUT2D eigenvalue weighted by Gasteiger charge is 2.44. The first kappa shape index (κ1) is 13.3. The van der Waals surface area contributed by atoms with Crippen molar-refractivity contribution in [2.24, 2.45) is 0 Å². The van der Waals surface area contributed by atoms with Crippen LogP contribution >= 0.6 is 12.6 Å². The highest BCUT2D eigenvalue weighted by molar-refractivity contribution is 7.80. The molecular formula is C9H12N2O6S. The average molecular weight is 276 g/mol. The zero-order valence-corrected chi connectivity index (χ0v) is 9.95. The molecule has 1 fully saturated rings. The van der Waals surface area contributed by atoms with Gasteiger partial charge in [0.2, 0.25) is 0 Å². The Balaban J connectivity index is 2.45. The molecule has 9 heteroatoms. The summed E-state index contributed by atoms with van der Waals surface area (Å²) in [6.45, 7) is -0.505. The van der Waals surface area contributed by atoms with E-state index in [1.54, 1.807) is 0 Å². The molecule has 1 aromatic rings. The van der Waals surface area contributed by atoms with Gasteiger partial charge in [0.05, 0.1) is 11.6 Å². The van der Waals surface area contributed by atoms with Gasteiger partial charge in [-0.3, -0.25) is 14.3 Å². The molecule has 1 aromatic heterocycles. The standard InChI is InChI=1S/C9H12N2O6S/c12-2-3-6(14)7(15)8(17-3)11-5(18)1-4(13)10-9(11)16/h1,3,6-8,12,14-15,18H,2H2,(H,10,13,16)/t3-,6?,7?,8-/m0/s1. The van der Waals surface area contributed by atoms with Crippen molar-refractivity contribution in [2.75, 3.05) is 6.61 Å². The van der Waals surface area contributed by atoms with Gasteiger partial charge in [-0.2, -0.15) is 0 Å². The molecule has 2 rings (SSSR count). The SMILES string of the molecule is O=c1cc(S)n([C@H]2O[C@@H](CO)C(O)C2O)c(=O)[nH]1. The van der Waals surface area contributed by atoms with Crippen molar-refractivity contribution in [2.45, 2.75) is 29.6 Å². The topological polar surface area (TPSA) is 125 Å². The lowest BCUT2D eigenvalue weighted by Crippen LogP contribution is -2.38. The van der Waals surface area contributed by atoms with E-state index in [-0.39, 0.29) is 5.03 Å². The molecule has 1 aliphatic heterocycles. The molecule has 1 saturated heterocycles. The molecule has 0 spiro atoms. The summed E-state index contributed by atoms with van der Waals surface area (Å²) in [7, 11) is 0. The lowest BCUT2D eigenvalue weighted by molar-refractivity contribution is -0.0590. The number of rotatable bonds is 2. The smallest absolute Gasteiger partial charge is 0.331 e. The summed E-state index contributed by atoms with van der Waals surface area (Å²) < 4.78 is 6.06. The quantitative estimate of drug-likeness (QED) is 0.299. The second-order valence-corrected chi connectivity index (χ2v) is 4.35. The number of H-pyrrole nitrogens is 1. The highest BCUT2D eigenvalue weighted by atomic mass is 32.1. The number of aliphatic hydroxyl groups excluding tert-OH is 3. The van der Waals surface area contributed by atoms with E-state index < -0.39 is 42.4 Å². The Hall–Kier alpha value is -1.13. The van der Waals surface area contributed by atoms with Crippen molar-refractivity contribution in [1.29, 1.82) is 0 Å². The summed E-state index contributed by atoms with van der Waals surface area (Å²) in [5.74, 6) is 0. The Bertz CT molecular complexity index is 555. The zero-order chi connectivity index (χ0) is 13.4. The molecule has 2 heterocycles. The maximum atomic E-state index is 11.6. The first-order valence-corrected chi connectivity index (χ1v) is 5.57. The largest absolute Gasteiger partial charge is 0.394 e. The molecule has 0 saturated carbocycles. The number of hydrogen-bond acceptors (Lipinski definition) is 7. The summed E-state index contributed by atoms with van der Waals surface area (Å²) in [6, 6.07) is 1.04. The average Bonchev–Trinajstić information content (AvgIpc) is 2.56. The lowest BCUT2D eigenvalue weighted by Gasteiger charge is -2.18. The highest BCUT2D eigenvalue weighted by Crippen LogP contribution is 2.29. The summed E-state index contributed by atoms with van der Waals surface area (Å²) >= 11 is 3.95. The maximum Gasteiger partial charge on any atom is 0.331 e. The molecule has 0 radical (unpaired) electrons. The van der Waals surface area contributed by atoms with Crippen LogP contribution < -0.4 is 11.2 Å². The third-order valence-electron chi connectivity index (χ3n) is 2.73. The number of aromatic amines is 1. The minimum atomic E-state index is -1.41. The molecule has 4 atom stereocenters. The van der Waals surface area contributed by atoms with E-state index in [4.69, 9.17) is 9.84 Å². The van der Waals surface area contributed by atoms with Gasteiger partial charge >= 0.3 is 5.69 Å². The van der Waals surface area contributed by atoms with Crippen molar-refractivity contribution in [3.05, 3.63) is 26.9 Å². The second-order valence-electron chi connectivity index (χ2n) is 3.90.